The molecule has 2 N–H and O–H groups in total. The van der Waals surface area contributed by atoms with Crippen LogP contribution in [0.5, 0.6) is 0 Å². The summed E-state index contributed by atoms with van der Waals surface area (Å²) in [5.74, 6) is -0.575. The van der Waals surface area contributed by atoms with Crippen LogP contribution in [-0.2, 0) is 9.59 Å². The Morgan fingerprint density at radius 1 is 0.941 bits per heavy atom. The van der Waals surface area contributed by atoms with Crippen LogP contribution < -0.4 is 5.32 Å². The van der Waals surface area contributed by atoms with E-state index in [4.69, 9.17) is 0 Å². The fourth-order valence-electron chi connectivity index (χ4n) is 3.11. The van der Waals surface area contributed by atoms with Gasteiger partial charge in [-0.25, -0.2) is 0 Å². The molecule has 0 atom stereocenters. The number of rotatable bonds is 2. The van der Waals surface area contributed by atoms with Crippen LogP contribution >= 0.6 is 0 Å². The van der Waals surface area contributed by atoms with Gasteiger partial charge in [-0.1, -0.05) is 13.8 Å². The highest BCUT2D eigenvalue weighted by atomic mass is 16.4. The topological polar surface area (TPSA) is 66.4 Å². The molecule has 0 heterocycles. The van der Waals surface area contributed by atoms with Gasteiger partial charge in [-0.2, -0.15) is 0 Å². The molecule has 4 nitrogen and oxygen atoms in total. The van der Waals surface area contributed by atoms with E-state index in [0.717, 1.165) is 19.3 Å². The van der Waals surface area contributed by atoms with E-state index in [9.17, 15) is 14.7 Å². The largest absolute Gasteiger partial charge is 0.481 e. The van der Waals surface area contributed by atoms with Crippen molar-refractivity contribution < 1.29 is 14.7 Å². The Kier molecular flexibility index (Phi) is 4.17. The monoisotopic (exact) mass is 241 g/mol. The average Bonchev–Trinajstić information content (AvgIpc) is 2.42. The van der Waals surface area contributed by atoms with Crippen molar-refractivity contribution in [2.75, 3.05) is 7.05 Å². The van der Waals surface area contributed by atoms with Crippen molar-refractivity contribution in [3.05, 3.63) is 0 Å². The summed E-state index contributed by atoms with van der Waals surface area (Å²) in [7, 11) is 1.66. The number of nitrogens with one attached hydrogen (secondary N) is 1. The molecule has 0 aromatic carbocycles. The molecule has 98 valence electrons. The summed E-state index contributed by atoms with van der Waals surface area (Å²) in [6.45, 7) is 4.00. The number of hydrogen-bond donors (Lipinski definition) is 2. The molecule has 0 spiro atoms. The molecule has 3 rings (SSSR count). The minimum absolute atomic E-state index is 0.0983. The van der Waals surface area contributed by atoms with Crippen LogP contribution in [0.1, 0.15) is 52.4 Å². The van der Waals surface area contributed by atoms with Crippen molar-refractivity contribution in [1.29, 1.82) is 0 Å². The molecule has 3 saturated carbocycles. The number of carbonyl (C=O) groups excluding carboxylic acids is 1. The first-order valence-electron chi connectivity index (χ1n) is 6.50. The van der Waals surface area contributed by atoms with Gasteiger partial charge in [-0.15, -0.1) is 0 Å². The third-order valence-electron chi connectivity index (χ3n) is 4.41. The van der Waals surface area contributed by atoms with Gasteiger partial charge in [0.2, 0.25) is 5.91 Å². The van der Waals surface area contributed by atoms with E-state index in [1.807, 2.05) is 13.8 Å². The molecule has 0 aromatic heterocycles. The number of amides is 1. The summed E-state index contributed by atoms with van der Waals surface area (Å²) >= 11 is 0. The minimum Gasteiger partial charge on any atom is -0.481 e. The van der Waals surface area contributed by atoms with Gasteiger partial charge in [-0.05, 0) is 38.5 Å². The highest BCUT2D eigenvalue weighted by molar-refractivity contribution is 5.84. The van der Waals surface area contributed by atoms with Crippen molar-refractivity contribution in [1.82, 2.24) is 5.32 Å². The molecule has 0 aromatic rings. The Hall–Kier alpha value is -1.06. The zero-order chi connectivity index (χ0) is 13.1. The van der Waals surface area contributed by atoms with Gasteiger partial charge in [0.15, 0.2) is 0 Å². The zero-order valence-corrected chi connectivity index (χ0v) is 11.0. The number of fused-ring (bicyclic) bond motifs is 3. The second-order valence-corrected chi connectivity index (χ2v) is 4.94. The predicted octanol–water partition coefficient (Wildman–Crippen LogP) is 2.18. The third-order valence-corrected chi connectivity index (χ3v) is 4.41. The first-order chi connectivity index (χ1) is 8.05. The molecule has 3 aliphatic rings. The Bertz CT molecular complexity index is 287. The number of carboxylic acids is 1. The van der Waals surface area contributed by atoms with E-state index in [0.29, 0.717) is 19.3 Å². The minimum atomic E-state index is -0.673. The molecule has 2 bridgehead atoms. The fraction of sp³-hybridized carbons (Fsp3) is 0.846. The van der Waals surface area contributed by atoms with Crippen LogP contribution in [0.3, 0.4) is 0 Å². The summed E-state index contributed by atoms with van der Waals surface area (Å²) in [6, 6.07) is 0. The number of carbonyl (C=O) groups is 2. The van der Waals surface area contributed by atoms with Crippen molar-refractivity contribution >= 4 is 11.9 Å². The lowest BCUT2D eigenvalue weighted by atomic mass is 9.53. The van der Waals surface area contributed by atoms with Crippen LogP contribution in [0.25, 0.3) is 0 Å². The van der Waals surface area contributed by atoms with E-state index < -0.39 is 11.4 Å². The summed E-state index contributed by atoms with van der Waals surface area (Å²) in [4.78, 5) is 22.9. The molecule has 0 unspecified atom stereocenters. The lowest BCUT2D eigenvalue weighted by Crippen LogP contribution is -2.51. The molecule has 17 heavy (non-hydrogen) atoms. The standard InChI is InChI=1S/C11H17NO3.C2H6/c1-12-8(13)10-2-5-11(6-3-10,7-4-10)9(14)15;1-2/h2-7H2,1H3,(H,12,13)(H,14,15);1-2H3. The van der Waals surface area contributed by atoms with E-state index >= 15 is 0 Å². The average molecular weight is 241 g/mol. The maximum absolute atomic E-state index is 11.8. The summed E-state index contributed by atoms with van der Waals surface area (Å²) < 4.78 is 0. The highest BCUT2D eigenvalue weighted by Crippen LogP contribution is 2.56. The molecule has 0 saturated heterocycles. The Morgan fingerprint density at radius 2 is 1.29 bits per heavy atom. The van der Waals surface area contributed by atoms with Gasteiger partial charge in [-0.3, -0.25) is 9.59 Å². The van der Waals surface area contributed by atoms with Gasteiger partial charge in [0, 0.05) is 12.5 Å². The van der Waals surface area contributed by atoms with Crippen LogP contribution in [0, 0.1) is 10.8 Å². The van der Waals surface area contributed by atoms with Crippen LogP contribution in [0.15, 0.2) is 0 Å². The quantitative estimate of drug-likeness (QED) is 0.778. The molecule has 3 fully saturated rings. The maximum atomic E-state index is 11.8. The predicted molar refractivity (Wildman–Crippen MR) is 65.6 cm³/mol. The molecule has 3 aliphatic carbocycles. The molecular weight excluding hydrogens is 218 g/mol. The molecule has 0 radical (unpaired) electrons. The van der Waals surface area contributed by atoms with E-state index in [1.54, 1.807) is 7.05 Å². The first kappa shape index (κ1) is 14.0. The van der Waals surface area contributed by atoms with Gasteiger partial charge >= 0.3 is 5.97 Å². The zero-order valence-electron chi connectivity index (χ0n) is 11.0. The first-order valence-corrected chi connectivity index (χ1v) is 6.50. The molecule has 0 aliphatic heterocycles. The van der Waals surface area contributed by atoms with Gasteiger partial charge in [0.25, 0.3) is 0 Å². The Labute approximate surface area is 103 Å². The van der Waals surface area contributed by atoms with Crippen molar-refractivity contribution in [2.45, 2.75) is 52.4 Å². The Balaban J connectivity index is 0.000000686. The Morgan fingerprint density at radius 3 is 1.59 bits per heavy atom. The lowest BCUT2D eigenvalue weighted by Gasteiger charge is -2.50. The van der Waals surface area contributed by atoms with Gasteiger partial charge in [0.1, 0.15) is 0 Å². The summed E-state index contributed by atoms with van der Waals surface area (Å²) in [5.41, 5.74) is -0.776. The van der Waals surface area contributed by atoms with Crippen molar-refractivity contribution in [3.8, 4) is 0 Å². The van der Waals surface area contributed by atoms with E-state index in [1.165, 1.54) is 0 Å². The summed E-state index contributed by atoms with van der Waals surface area (Å²) in [5, 5.41) is 11.9. The van der Waals surface area contributed by atoms with Crippen LogP contribution in [0.4, 0.5) is 0 Å². The normalized spacial score (nSPS) is 34.5. The molecule has 4 heteroatoms. The second kappa shape index (κ2) is 5.07. The van der Waals surface area contributed by atoms with Crippen LogP contribution in [-0.4, -0.2) is 24.0 Å². The fourth-order valence-corrected chi connectivity index (χ4v) is 3.11. The second-order valence-electron chi connectivity index (χ2n) is 4.94. The third kappa shape index (κ3) is 2.17. The van der Waals surface area contributed by atoms with Crippen molar-refractivity contribution in [2.24, 2.45) is 10.8 Å². The van der Waals surface area contributed by atoms with E-state index in [2.05, 4.69) is 5.32 Å². The van der Waals surface area contributed by atoms with Crippen molar-refractivity contribution in [3.63, 3.8) is 0 Å². The molecule has 1 amide bonds. The van der Waals surface area contributed by atoms with E-state index in [-0.39, 0.29) is 11.3 Å². The number of carboxylic acid groups (broad SMARTS) is 1. The lowest BCUT2D eigenvalue weighted by molar-refractivity contribution is -0.163. The molecular formula is C13H23NO3. The maximum Gasteiger partial charge on any atom is 0.309 e. The number of hydrogen-bond acceptors (Lipinski definition) is 2. The van der Waals surface area contributed by atoms with Gasteiger partial charge < -0.3 is 10.4 Å². The van der Waals surface area contributed by atoms with Gasteiger partial charge in [0.05, 0.1) is 5.41 Å². The number of aliphatic carboxylic acids is 1. The summed E-state index contributed by atoms with van der Waals surface area (Å²) in [6.07, 6.45) is 4.19. The smallest absolute Gasteiger partial charge is 0.309 e. The highest BCUT2D eigenvalue weighted by Gasteiger charge is 2.55. The van der Waals surface area contributed by atoms with Crippen LogP contribution in [0.2, 0.25) is 0 Å². The SMILES string of the molecule is CC.CNC(=O)C12CCC(C(=O)O)(CC1)CC2.